The lowest BCUT2D eigenvalue weighted by molar-refractivity contribution is -0.140. The Bertz CT molecular complexity index is 717. The number of fused-ring (bicyclic) bond motifs is 1. The van der Waals surface area contributed by atoms with Gasteiger partial charge in [-0.1, -0.05) is 6.07 Å². The number of nitrogens with zero attached hydrogens (tertiary/aromatic N) is 1. The molecule has 0 fully saturated rings. The predicted molar refractivity (Wildman–Crippen MR) is 68.7 cm³/mol. The fourth-order valence-corrected chi connectivity index (χ4v) is 2.53. The number of halogens is 4. The minimum Gasteiger partial charge on any atom is -0.491 e. The van der Waals surface area contributed by atoms with Crippen molar-refractivity contribution in [2.24, 2.45) is 0 Å². The Morgan fingerprint density at radius 1 is 1.23 bits per heavy atom. The Kier molecular flexibility index (Phi) is 3.32. The van der Waals surface area contributed by atoms with Gasteiger partial charge in [0.2, 0.25) is 0 Å². The smallest absolute Gasteiger partial charge is 0.419 e. The van der Waals surface area contributed by atoms with E-state index in [9.17, 15) is 22.7 Å². The molecule has 3 nitrogen and oxygen atoms in total. The summed E-state index contributed by atoms with van der Waals surface area (Å²) in [5, 5.41) is 10.8. The summed E-state index contributed by atoms with van der Waals surface area (Å²) < 4.78 is 57.0. The van der Waals surface area contributed by atoms with Crippen molar-refractivity contribution in [3.05, 3.63) is 59.2 Å². The van der Waals surface area contributed by atoms with Crippen molar-refractivity contribution in [2.45, 2.75) is 18.2 Å². The van der Waals surface area contributed by atoms with Crippen LogP contribution in [-0.4, -0.2) is 16.7 Å². The summed E-state index contributed by atoms with van der Waals surface area (Å²) >= 11 is 0. The van der Waals surface area contributed by atoms with Crippen molar-refractivity contribution in [2.75, 3.05) is 6.61 Å². The number of benzene rings is 1. The Hall–Kier alpha value is -2.15. The number of hydrogen-bond acceptors (Lipinski definition) is 3. The largest absolute Gasteiger partial charge is 0.491 e. The van der Waals surface area contributed by atoms with Gasteiger partial charge in [-0.25, -0.2) is 4.39 Å². The molecular weight excluding hydrogens is 302 g/mol. The molecule has 2 heterocycles. The summed E-state index contributed by atoms with van der Waals surface area (Å²) in [6, 6.07) is 5.59. The first-order valence-electron chi connectivity index (χ1n) is 6.50. The molecule has 116 valence electrons. The number of hydrogen-bond donors (Lipinski definition) is 1. The van der Waals surface area contributed by atoms with E-state index in [0.717, 1.165) is 6.07 Å². The van der Waals surface area contributed by atoms with Crippen molar-refractivity contribution in [3.63, 3.8) is 0 Å². The summed E-state index contributed by atoms with van der Waals surface area (Å²) in [6.07, 6.45) is -3.28. The average molecular weight is 313 g/mol. The first-order valence-corrected chi connectivity index (χ1v) is 6.50. The molecule has 0 spiro atoms. The monoisotopic (exact) mass is 313 g/mol. The number of pyridine rings is 1. The molecule has 1 aromatic carbocycles. The molecule has 1 aromatic heterocycles. The zero-order valence-electron chi connectivity index (χ0n) is 11.2. The number of alkyl halides is 3. The standard InChI is InChI=1S/C15H11F4NO2/c16-11-8-9(3-4-10(11)15(17,18)19)14(21)5-7-22-12-2-1-6-20-13(12)14/h1-4,6,8,21H,5,7H2/t14-/m0/s1. The van der Waals surface area contributed by atoms with Crippen LogP contribution in [0.15, 0.2) is 36.5 Å². The van der Waals surface area contributed by atoms with Gasteiger partial charge in [-0.15, -0.1) is 0 Å². The summed E-state index contributed by atoms with van der Waals surface area (Å²) in [7, 11) is 0. The SMILES string of the molecule is O[C@]1(c2ccc(C(F)(F)F)c(F)c2)CCOc2cccnc21. The zero-order chi connectivity index (χ0) is 16.0. The normalized spacial score (nSPS) is 21.1. The minimum atomic E-state index is -4.78. The first kappa shape index (κ1) is 14.8. The highest BCUT2D eigenvalue weighted by molar-refractivity contribution is 5.43. The highest BCUT2D eigenvalue weighted by Gasteiger charge is 2.41. The lowest BCUT2D eigenvalue weighted by Crippen LogP contribution is -2.35. The van der Waals surface area contributed by atoms with Crippen LogP contribution in [0.3, 0.4) is 0 Å². The third kappa shape index (κ3) is 2.31. The second-order valence-corrected chi connectivity index (χ2v) is 5.00. The van der Waals surface area contributed by atoms with Crippen LogP contribution >= 0.6 is 0 Å². The molecule has 1 aliphatic rings. The fraction of sp³-hybridized carbons (Fsp3) is 0.267. The summed E-state index contributed by atoms with van der Waals surface area (Å²) in [5.41, 5.74) is -2.87. The van der Waals surface area contributed by atoms with Gasteiger partial charge < -0.3 is 9.84 Å². The van der Waals surface area contributed by atoms with Crippen LogP contribution in [0, 0.1) is 5.82 Å². The van der Waals surface area contributed by atoms with E-state index >= 15 is 0 Å². The summed E-state index contributed by atoms with van der Waals surface area (Å²) in [5.74, 6) is -1.10. The molecule has 0 radical (unpaired) electrons. The van der Waals surface area contributed by atoms with Crippen molar-refractivity contribution in [1.82, 2.24) is 4.98 Å². The molecule has 2 aromatic rings. The molecule has 22 heavy (non-hydrogen) atoms. The van der Waals surface area contributed by atoms with E-state index in [2.05, 4.69) is 4.98 Å². The molecule has 0 unspecified atom stereocenters. The highest BCUT2D eigenvalue weighted by Crippen LogP contribution is 2.41. The Labute approximate surface area is 123 Å². The van der Waals surface area contributed by atoms with Crippen LogP contribution in [-0.2, 0) is 11.8 Å². The van der Waals surface area contributed by atoms with Crippen LogP contribution in [0.4, 0.5) is 17.6 Å². The minimum absolute atomic E-state index is 0.0150. The van der Waals surface area contributed by atoms with Crippen molar-refractivity contribution < 1.29 is 27.4 Å². The van der Waals surface area contributed by atoms with Crippen LogP contribution < -0.4 is 4.74 Å². The number of rotatable bonds is 1. The molecule has 1 aliphatic heterocycles. The quantitative estimate of drug-likeness (QED) is 0.822. The maximum absolute atomic E-state index is 13.8. The Morgan fingerprint density at radius 2 is 2.00 bits per heavy atom. The number of ether oxygens (including phenoxy) is 1. The number of aromatic nitrogens is 1. The van der Waals surface area contributed by atoms with Gasteiger partial charge in [0.25, 0.3) is 0 Å². The van der Waals surface area contributed by atoms with Gasteiger partial charge >= 0.3 is 6.18 Å². The van der Waals surface area contributed by atoms with Crippen LogP contribution in [0.5, 0.6) is 5.75 Å². The van der Waals surface area contributed by atoms with E-state index in [1.165, 1.54) is 6.20 Å². The molecule has 1 N–H and O–H groups in total. The fourth-order valence-electron chi connectivity index (χ4n) is 2.53. The maximum Gasteiger partial charge on any atom is 0.419 e. The molecule has 0 aliphatic carbocycles. The van der Waals surface area contributed by atoms with E-state index in [1.807, 2.05) is 0 Å². The van der Waals surface area contributed by atoms with E-state index < -0.39 is 23.2 Å². The van der Waals surface area contributed by atoms with Gasteiger partial charge in [0.15, 0.2) is 0 Å². The molecule has 7 heteroatoms. The van der Waals surface area contributed by atoms with Gasteiger partial charge in [-0.3, -0.25) is 4.98 Å². The van der Waals surface area contributed by atoms with Crippen molar-refractivity contribution >= 4 is 0 Å². The van der Waals surface area contributed by atoms with Crippen LogP contribution in [0.25, 0.3) is 0 Å². The summed E-state index contributed by atoms with van der Waals surface area (Å²) in [6.45, 7) is 0.151. The lowest BCUT2D eigenvalue weighted by Gasteiger charge is -2.33. The van der Waals surface area contributed by atoms with E-state index in [-0.39, 0.29) is 24.3 Å². The predicted octanol–water partition coefficient (Wildman–Crippen LogP) is 3.26. The average Bonchev–Trinajstić information content (AvgIpc) is 2.46. The van der Waals surface area contributed by atoms with Crippen molar-refractivity contribution in [1.29, 1.82) is 0 Å². The molecule has 0 saturated heterocycles. The van der Waals surface area contributed by atoms with E-state index in [1.54, 1.807) is 12.1 Å². The first-order chi connectivity index (χ1) is 10.3. The van der Waals surface area contributed by atoms with E-state index in [0.29, 0.717) is 17.9 Å². The molecule has 0 amide bonds. The highest BCUT2D eigenvalue weighted by atomic mass is 19.4. The molecule has 0 bridgehead atoms. The zero-order valence-corrected chi connectivity index (χ0v) is 11.2. The van der Waals surface area contributed by atoms with Crippen LogP contribution in [0.2, 0.25) is 0 Å². The maximum atomic E-state index is 13.8. The van der Waals surface area contributed by atoms with Gasteiger partial charge in [0, 0.05) is 12.6 Å². The Morgan fingerprint density at radius 3 is 2.68 bits per heavy atom. The second kappa shape index (κ2) is 4.95. The van der Waals surface area contributed by atoms with Crippen LogP contribution in [0.1, 0.15) is 23.2 Å². The second-order valence-electron chi connectivity index (χ2n) is 5.00. The summed E-state index contributed by atoms with van der Waals surface area (Å²) in [4.78, 5) is 4.03. The van der Waals surface area contributed by atoms with Gasteiger partial charge in [0.1, 0.15) is 22.9 Å². The molecular formula is C15H11F4NO2. The molecule has 0 saturated carbocycles. The Balaban J connectivity index is 2.10. The lowest BCUT2D eigenvalue weighted by atomic mass is 9.84. The van der Waals surface area contributed by atoms with Gasteiger partial charge in [-0.05, 0) is 29.8 Å². The van der Waals surface area contributed by atoms with Gasteiger partial charge in [0.05, 0.1) is 12.2 Å². The van der Waals surface area contributed by atoms with Crippen molar-refractivity contribution in [3.8, 4) is 5.75 Å². The molecule has 1 atom stereocenters. The third-order valence-corrected chi connectivity index (χ3v) is 3.64. The number of aliphatic hydroxyl groups is 1. The third-order valence-electron chi connectivity index (χ3n) is 3.64. The topological polar surface area (TPSA) is 42.4 Å². The molecule has 3 rings (SSSR count). The van der Waals surface area contributed by atoms with E-state index in [4.69, 9.17) is 4.74 Å². The van der Waals surface area contributed by atoms with Gasteiger partial charge in [-0.2, -0.15) is 13.2 Å².